The summed E-state index contributed by atoms with van der Waals surface area (Å²) in [7, 11) is 1.79. The summed E-state index contributed by atoms with van der Waals surface area (Å²) in [6, 6.07) is 8.23. The Labute approximate surface area is 131 Å². The van der Waals surface area contributed by atoms with E-state index in [1.165, 1.54) is 12.1 Å². The highest BCUT2D eigenvalue weighted by molar-refractivity contribution is 7.80. The molecule has 0 radical (unpaired) electrons. The molecule has 8 heteroatoms. The molecular formula is C14H11N5O2S. The van der Waals surface area contributed by atoms with Crippen LogP contribution in [0.4, 0.5) is 5.69 Å². The number of pyridine rings is 1. The summed E-state index contributed by atoms with van der Waals surface area (Å²) in [5.74, 6) is 0.597. The van der Waals surface area contributed by atoms with Crippen molar-refractivity contribution in [1.82, 2.24) is 19.7 Å². The lowest BCUT2D eigenvalue weighted by molar-refractivity contribution is -0.384. The van der Waals surface area contributed by atoms with Crippen molar-refractivity contribution in [3.8, 4) is 22.5 Å². The van der Waals surface area contributed by atoms with E-state index >= 15 is 0 Å². The van der Waals surface area contributed by atoms with Gasteiger partial charge in [0, 0.05) is 37.1 Å². The van der Waals surface area contributed by atoms with Crippen LogP contribution in [0.15, 0.2) is 47.9 Å². The van der Waals surface area contributed by atoms with E-state index in [2.05, 4.69) is 27.8 Å². The van der Waals surface area contributed by atoms with Gasteiger partial charge in [-0.1, -0.05) is 12.1 Å². The molecule has 110 valence electrons. The molecule has 1 aromatic carbocycles. The van der Waals surface area contributed by atoms with E-state index < -0.39 is 4.92 Å². The number of hydrogen-bond acceptors (Lipinski definition) is 6. The van der Waals surface area contributed by atoms with Crippen molar-refractivity contribution in [3.63, 3.8) is 0 Å². The number of benzene rings is 1. The predicted octanol–water partition coefficient (Wildman–Crippen LogP) is 2.74. The molecule has 0 atom stereocenters. The Bertz CT molecular complexity index is 862. The van der Waals surface area contributed by atoms with Crippen LogP contribution in [0.1, 0.15) is 0 Å². The van der Waals surface area contributed by atoms with Crippen LogP contribution >= 0.6 is 12.6 Å². The van der Waals surface area contributed by atoms with Crippen molar-refractivity contribution in [1.29, 1.82) is 0 Å². The smallest absolute Gasteiger partial charge is 0.270 e. The molecule has 0 aliphatic heterocycles. The highest BCUT2D eigenvalue weighted by Gasteiger charge is 2.15. The highest BCUT2D eigenvalue weighted by atomic mass is 32.1. The average molecular weight is 313 g/mol. The first kappa shape index (κ1) is 14.2. The van der Waals surface area contributed by atoms with Gasteiger partial charge in [-0.2, -0.15) is 0 Å². The number of hydrogen-bond donors (Lipinski definition) is 1. The van der Waals surface area contributed by atoms with Crippen molar-refractivity contribution >= 4 is 18.3 Å². The molecule has 2 aromatic heterocycles. The Morgan fingerprint density at radius 1 is 1.23 bits per heavy atom. The first-order valence-electron chi connectivity index (χ1n) is 6.35. The molecule has 0 saturated carbocycles. The molecule has 0 N–H and O–H groups in total. The summed E-state index contributed by atoms with van der Waals surface area (Å²) in [5.41, 5.74) is 2.28. The fourth-order valence-electron chi connectivity index (χ4n) is 2.17. The van der Waals surface area contributed by atoms with Crippen LogP contribution < -0.4 is 0 Å². The van der Waals surface area contributed by atoms with E-state index in [0.717, 1.165) is 16.7 Å². The second-order valence-corrected chi connectivity index (χ2v) is 5.01. The van der Waals surface area contributed by atoms with E-state index in [1.54, 1.807) is 36.1 Å². The second-order valence-electron chi connectivity index (χ2n) is 4.61. The van der Waals surface area contributed by atoms with Crippen molar-refractivity contribution in [2.75, 3.05) is 0 Å². The number of nitrogens with zero attached hydrogens (tertiary/aromatic N) is 5. The van der Waals surface area contributed by atoms with Crippen molar-refractivity contribution < 1.29 is 4.92 Å². The molecule has 0 aliphatic rings. The summed E-state index contributed by atoms with van der Waals surface area (Å²) < 4.78 is 1.72. The van der Waals surface area contributed by atoms with E-state index in [1.807, 2.05) is 6.07 Å². The predicted molar refractivity (Wildman–Crippen MR) is 83.6 cm³/mol. The molecule has 0 unspecified atom stereocenters. The van der Waals surface area contributed by atoms with Gasteiger partial charge >= 0.3 is 0 Å². The maximum atomic E-state index is 11.0. The highest BCUT2D eigenvalue weighted by Crippen LogP contribution is 2.32. The Morgan fingerprint density at radius 2 is 2.05 bits per heavy atom. The van der Waals surface area contributed by atoms with E-state index in [0.29, 0.717) is 11.0 Å². The minimum absolute atomic E-state index is 0.0353. The molecule has 0 aliphatic carbocycles. The number of rotatable bonds is 3. The topological polar surface area (TPSA) is 86.7 Å². The summed E-state index contributed by atoms with van der Waals surface area (Å²) in [6.07, 6.45) is 3.29. The summed E-state index contributed by atoms with van der Waals surface area (Å²) in [4.78, 5) is 14.7. The van der Waals surface area contributed by atoms with Crippen LogP contribution in [0, 0.1) is 10.1 Å². The Balaban J connectivity index is 2.19. The summed E-state index contributed by atoms with van der Waals surface area (Å²) in [5, 5.41) is 19.4. The van der Waals surface area contributed by atoms with Crippen LogP contribution in [0.25, 0.3) is 22.5 Å². The maximum Gasteiger partial charge on any atom is 0.270 e. The van der Waals surface area contributed by atoms with Gasteiger partial charge in [0.25, 0.3) is 5.69 Å². The van der Waals surface area contributed by atoms with Crippen LogP contribution in [0.3, 0.4) is 0 Å². The largest absolute Gasteiger partial charge is 0.305 e. The molecule has 0 amide bonds. The summed E-state index contributed by atoms with van der Waals surface area (Å²) >= 11 is 4.21. The number of non-ortho nitro benzene ring substituents is 1. The van der Waals surface area contributed by atoms with Crippen LogP contribution in [-0.2, 0) is 7.05 Å². The van der Waals surface area contributed by atoms with E-state index in [-0.39, 0.29) is 5.69 Å². The molecular weight excluding hydrogens is 302 g/mol. The molecule has 2 heterocycles. The SMILES string of the molecule is Cn1c(S)nnc1-c1cnccc1-c1cccc([N+](=O)[O-])c1. The zero-order valence-corrected chi connectivity index (χ0v) is 12.4. The van der Waals surface area contributed by atoms with Gasteiger partial charge in [0.05, 0.1) is 4.92 Å². The van der Waals surface area contributed by atoms with Gasteiger partial charge < -0.3 is 4.57 Å². The fraction of sp³-hybridized carbons (Fsp3) is 0.0714. The van der Waals surface area contributed by atoms with E-state index in [4.69, 9.17) is 0 Å². The maximum absolute atomic E-state index is 11.0. The van der Waals surface area contributed by atoms with Crippen LogP contribution in [0.5, 0.6) is 0 Å². The van der Waals surface area contributed by atoms with Gasteiger partial charge in [-0.25, -0.2) is 0 Å². The van der Waals surface area contributed by atoms with Crippen molar-refractivity contribution in [2.24, 2.45) is 7.05 Å². The molecule has 0 bridgehead atoms. The Hall–Kier alpha value is -2.74. The molecule has 3 aromatic rings. The molecule has 3 rings (SSSR count). The van der Waals surface area contributed by atoms with Gasteiger partial charge in [0.15, 0.2) is 11.0 Å². The van der Waals surface area contributed by atoms with Crippen molar-refractivity contribution in [2.45, 2.75) is 5.16 Å². The van der Waals surface area contributed by atoms with E-state index in [9.17, 15) is 10.1 Å². The normalized spacial score (nSPS) is 10.6. The van der Waals surface area contributed by atoms with Gasteiger partial charge in [0.1, 0.15) is 0 Å². The third-order valence-electron chi connectivity index (χ3n) is 3.28. The molecule has 0 saturated heterocycles. The lowest BCUT2D eigenvalue weighted by Crippen LogP contribution is -1.96. The first-order valence-corrected chi connectivity index (χ1v) is 6.80. The average Bonchev–Trinajstić information content (AvgIpc) is 2.87. The second kappa shape index (κ2) is 5.57. The monoisotopic (exact) mass is 313 g/mol. The third kappa shape index (κ3) is 2.44. The van der Waals surface area contributed by atoms with Gasteiger partial charge in [-0.05, 0) is 17.2 Å². The van der Waals surface area contributed by atoms with Gasteiger partial charge in [-0.3, -0.25) is 15.1 Å². The Morgan fingerprint density at radius 3 is 2.73 bits per heavy atom. The van der Waals surface area contributed by atoms with Crippen molar-refractivity contribution in [3.05, 3.63) is 52.8 Å². The quantitative estimate of drug-likeness (QED) is 0.456. The van der Waals surface area contributed by atoms with Gasteiger partial charge in [-0.15, -0.1) is 22.8 Å². The minimum atomic E-state index is -0.418. The number of aromatic nitrogens is 4. The molecule has 22 heavy (non-hydrogen) atoms. The Kier molecular flexibility index (Phi) is 3.60. The van der Waals surface area contributed by atoms with Crippen LogP contribution in [0.2, 0.25) is 0 Å². The molecule has 0 spiro atoms. The summed E-state index contributed by atoms with van der Waals surface area (Å²) in [6.45, 7) is 0. The zero-order valence-electron chi connectivity index (χ0n) is 11.5. The third-order valence-corrected chi connectivity index (χ3v) is 3.67. The lowest BCUT2D eigenvalue weighted by atomic mass is 10.0. The zero-order chi connectivity index (χ0) is 15.7. The number of thiol groups is 1. The molecule has 7 nitrogen and oxygen atoms in total. The van der Waals surface area contributed by atoms with Gasteiger partial charge in [0.2, 0.25) is 0 Å². The lowest BCUT2D eigenvalue weighted by Gasteiger charge is -2.08. The number of nitro groups is 1. The first-order chi connectivity index (χ1) is 10.6. The fourth-order valence-corrected chi connectivity index (χ4v) is 2.31. The molecule has 0 fully saturated rings. The van der Waals surface area contributed by atoms with Crippen LogP contribution in [-0.4, -0.2) is 24.7 Å². The minimum Gasteiger partial charge on any atom is -0.305 e. The number of nitro benzene ring substituents is 1. The standard InChI is InChI=1S/C14H11N5O2S/c1-18-13(16-17-14(18)22)12-8-15-6-5-11(12)9-3-2-4-10(7-9)19(20)21/h2-8H,1H3,(H,17,22).